The van der Waals surface area contributed by atoms with E-state index in [0.29, 0.717) is 23.6 Å². The maximum absolute atomic E-state index is 13.1. The average molecular weight is 501 g/mol. The van der Waals surface area contributed by atoms with Crippen LogP contribution in [0.1, 0.15) is 29.8 Å². The van der Waals surface area contributed by atoms with E-state index in [1.54, 1.807) is 55.5 Å². The van der Waals surface area contributed by atoms with E-state index in [9.17, 15) is 18.0 Å². The summed E-state index contributed by atoms with van der Waals surface area (Å²) in [5.74, 6) is -0.345. The van der Waals surface area contributed by atoms with Crippen LogP contribution in [-0.2, 0) is 21.2 Å². The van der Waals surface area contributed by atoms with Gasteiger partial charge in [0.1, 0.15) is 11.8 Å². The van der Waals surface area contributed by atoms with Gasteiger partial charge >= 0.3 is 0 Å². The number of hydrogen-bond acceptors (Lipinski definition) is 5. The third kappa shape index (κ3) is 6.66. The van der Waals surface area contributed by atoms with Crippen LogP contribution in [0.4, 0.5) is 5.69 Å². The van der Waals surface area contributed by atoms with Crippen LogP contribution in [0.25, 0.3) is 0 Å². The SMILES string of the molecule is CCOc1ccc(S(=O)(=O)NC(Cc2ccccc2)C(=O)Nc2cccc(C(C)=O)c2)cc1Cl. The molecule has 0 aliphatic rings. The summed E-state index contributed by atoms with van der Waals surface area (Å²) >= 11 is 6.17. The molecule has 0 heterocycles. The first-order valence-corrected chi connectivity index (χ1v) is 12.5. The largest absolute Gasteiger partial charge is 0.492 e. The molecule has 0 aliphatic carbocycles. The fourth-order valence-corrected chi connectivity index (χ4v) is 4.78. The molecule has 178 valence electrons. The fraction of sp³-hybridized carbons (Fsp3) is 0.200. The second-order valence-electron chi connectivity index (χ2n) is 7.52. The van der Waals surface area contributed by atoms with Crippen molar-refractivity contribution >= 4 is 39.0 Å². The van der Waals surface area contributed by atoms with Gasteiger partial charge in [0.2, 0.25) is 15.9 Å². The lowest BCUT2D eigenvalue weighted by atomic mass is 10.1. The van der Waals surface area contributed by atoms with Crippen LogP contribution in [0, 0.1) is 0 Å². The molecule has 0 aromatic heterocycles. The Balaban J connectivity index is 1.88. The molecule has 34 heavy (non-hydrogen) atoms. The maximum atomic E-state index is 13.1. The van der Waals surface area contributed by atoms with E-state index in [2.05, 4.69) is 10.0 Å². The molecule has 0 aliphatic heterocycles. The van der Waals surface area contributed by atoms with Gasteiger partial charge in [-0.3, -0.25) is 9.59 Å². The number of benzene rings is 3. The molecule has 0 radical (unpaired) electrons. The van der Waals surface area contributed by atoms with E-state index < -0.39 is 22.0 Å². The summed E-state index contributed by atoms with van der Waals surface area (Å²) in [6.45, 7) is 3.60. The third-order valence-electron chi connectivity index (χ3n) is 4.95. The minimum atomic E-state index is -4.10. The summed E-state index contributed by atoms with van der Waals surface area (Å²) in [5.41, 5.74) is 1.59. The summed E-state index contributed by atoms with van der Waals surface area (Å²) in [6, 6.07) is 18.5. The van der Waals surface area contributed by atoms with Crippen molar-refractivity contribution in [2.24, 2.45) is 0 Å². The monoisotopic (exact) mass is 500 g/mol. The Hall–Kier alpha value is -3.20. The zero-order chi connectivity index (χ0) is 24.7. The molecule has 1 unspecified atom stereocenters. The molecule has 3 rings (SSSR count). The van der Waals surface area contributed by atoms with Crippen LogP contribution in [0.2, 0.25) is 5.02 Å². The number of amides is 1. The Labute approximate surface area is 204 Å². The number of carbonyl (C=O) groups excluding carboxylic acids is 2. The lowest BCUT2D eigenvalue weighted by Gasteiger charge is -2.19. The molecule has 9 heteroatoms. The summed E-state index contributed by atoms with van der Waals surface area (Å²) < 4.78 is 34.1. The van der Waals surface area contributed by atoms with Gasteiger partial charge in [-0.1, -0.05) is 54.1 Å². The van der Waals surface area contributed by atoms with Crippen molar-refractivity contribution < 1.29 is 22.7 Å². The van der Waals surface area contributed by atoms with Crippen molar-refractivity contribution in [1.82, 2.24) is 4.72 Å². The number of carbonyl (C=O) groups is 2. The lowest BCUT2D eigenvalue weighted by molar-refractivity contribution is -0.117. The highest BCUT2D eigenvalue weighted by atomic mass is 35.5. The van der Waals surface area contributed by atoms with Crippen molar-refractivity contribution in [3.05, 3.63) is 88.9 Å². The average Bonchev–Trinajstić information content (AvgIpc) is 2.80. The highest BCUT2D eigenvalue weighted by Crippen LogP contribution is 2.27. The standard InChI is InChI=1S/C25H25ClN2O5S/c1-3-33-24-13-12-21(16-22(24)26)34(31,32)28-23(14-18-8-5-4-6-9-18)25(30)27-20-11-7-10-19(15-20)17(2)29/h4-13,15-16,23,28H,3,14H2,1-2H3,(H,27,30). The molecule has 1 atom stereocenters. The van der Waals surface area contributed by atoms with Crippen molar-refractivity contribution in [2.45, 2.75) is 31.2 Å². The molecule has 0 saturated heterocycles. The molecule has 0 bridgehead atoms. The quantitative estimate of drug-likeness (QED) is 0.400. The van der Waals surface area contributed by atoms with Gasteiger partial charge in [-0.25, -0.2) is 8.42 Å². The predicted octanol–water partition coefficient (Wildman–Crippen LogP) is 4.47. The fourth-order valence-electron chi connectivity index (χ4n) is 3.26. The van der Waals surface area contributed by atoms with E-state index in [1.165, 1.54) is 25.1 Å². The molecule has 0 spiro atoms. The second-order valence-corrected chi connectivity index (χ2v) is 9.64. The Kier molecular flexibility index (Phi) is 8.44. The molecule has 2 N–H and O–H groups in total. The minimum Gasteiger partial charge on any atom is -0.492 e. The van der Waals surface area contributed by atoms with E-state index >= 15 is 0 Å². The third-order valence-corrected chi connectivity index (χ3v) is 6.71. The first-order valence-electron chi connectivity index (χ1n) is 10.6. The van der Waals surface area contributed by atoms with Gasteiger partial charge in [0.05, 0.1) is 16.5 Å². The first kappa shape index (κ1) is 25.4. The van der Waals surface area contributed by atoms with Crippen LogP contribution < -0.4 is 14.8 Å². The van der Waals surface area contributed by atoms with Crippen LogP contribution in [-0.4, -0.2) is 32.8 Å². The smallest absolute Gasteiger partial charge is 0.242 e. The lowest BCUT2D eigenvalue weighted by Crippen LogP contribution is -2.45. The topological polar surface area (TPSA) is 102 Å². The number of anilines is 1. The second kappa shape index (κ2) is 11.3. The van der Waals surface area contributed by atoms with Crippen LogP contribution in [0.3, 0.4) is 0 Å². The minimum absolute atomic E-state index is 0.0922. The van der Waals surface area contributed by atoms with E-state index in [0.717, 1.165) is 5.56 Å². The molecule has 0 fully saturated rings. The molecule has 7 nitrogen and oxygen atoms in total. The number of ether oxygens (including phenoxy) is 1. The number of halogens is 1. The zero-order valence-corrected chi connectivity index (χ0v) is 20.3. The molecule has 3 aromatic carbocycles. The summed E-state index contributed by atoms with van der Waals surface area (Å²) in [6.07, 6.45) is 0.114. The predicted molar refractivity (Wildman–Crippen MR) is 132 cm³/mol. The van der Waals surface area contributed by atoms with E-state index in [4.69, 9.17) is 16.3 Å². The Morgan fingerprint density at radius 2 is 1.74 bits per heavy atom. The van der Waals surface area contributed by atoms with Gasteiger partial charge in [0.15, 0.2) is 5.78 Å². The number of hydrogen-bond donors (Lipinski definition) is 2. The van der Waals surface area contributed by atoms with Gasteiger partial charge in [-0.2, -0.15) is 4.72 Å². The molecular weight excluding hydrogens is 476 g/mol. The summed E-state index contributed by atoms with van der Waals surface area (Å²) in [5, 5.41) is 2.85. The van der Waals surface area contributed by atoms with Gasteiger partial charge in [0, 0.05) is 11.3 Å². The van der Waals surface area contributed by atoms with E-state index in [-0.39, 0.29) is 22.1 Å². The van der Waals surface area contributed by atoms with E-state index in [1.807, 2.05) is 6.07 Å². The normalized spacial score (nSPS) is 12.1. The Bertz CT molecular complexity index is 1280. The van der Waals surface area contributed by atoms with Crippen molar-refractivity contribution in [3.8, 4) is 5.75 Å². The number of ketones is 1. The van der Waals surface area contributed by atoms with Crippen LogP contribution in [0.5, 0.6) is 5.75 Å². The molecule has 0 saturated carbocycles. The Morgan fingerprint density at radius 1 is 1.00 bits per heavy atom. The molecule has 3 aromatic rings. The summed E-state index contributed by atoms with van der Waals surface area (Å²) in [4.78, 5) is 24.7. The van der Waals surface area contributed by atoms with Crippen LogP contribution >= 0.6 is 11.6 Å². The van der Waals surface area contributed by atoms with Crippen molar-refractivity contribution in [2.75, 3.05) is 11.9 Å². The zero-order valence-electron chi connectivity index (χ0n) is 18.7. The van der Waals surface area contributed by atoms with Gasteiger partial charge < -0.3 is 10.1 Å². The number of nitrogens with one attached hydrogen (secondary N) is 2. The number of rotatable bonds is 10. The number of Topliss-reactive ketones (excluding diaryl/α,β-unsaturated/α-hetero) is 1. The van der Waals surface area contributed by atoms with Crippen LogP contribution in [0.15, 0.2) is 77.7 Å². The van der Waals surface area contributed by atoms with Crippen molar-refractivity contribution in [1.29, 1.82) is 0 Å². The highest BCUT2D eigenvalue weighted by Gasteiger charge is 2.27. The van der Waals surface area contributed by atoms with Crippen molar-refractivity contribution in [3.63, 3.8) is 0 Å². The maximum Gasteiger partial charge on any atom is 0.242 e. The van der Waals surface area contributed by atoms with Gasteiger partial charge in [0.25, 0.3) is 0 Å². The number of sulfonamides is 1. The molecule has 1 amide bonds. The highest BCUT2D eigenvalue weighted by molar-refractivity contribution is 7.89. The molecular formula is C25H25ClN2O5S. The van der Waals surface area contributed by atoms with Gasteiger partial charge in [-0.05, 0) is 56.2 Å². The Morgan fingerprint density at radius 3 is 2.38 bits per heavy atom. The summed E-state index contributed by atoms with van der Waals surface area (Å²) in [7, 11) is -4.10. The van der Waals surface area contributed by atoms with Gasteiger partial charge in [-0.15, -0.1) is 0 Å². The first-order chi connectivity index (χ1) is 16.2.